The molecular formula is C13H27NO. The summed E-state index contributed by atoms with van der Waals surface area (Å²) in [6.07, 6.45) is 6.85. The van der Waals surface area contributed by atoms with E-state index >= 15 is 0 Å². The van der Waals surface area contributed by atoms with Gasteiger partial charge in [-0.3, -0.25) is 0 Å². The molecule has 0 spiro atoms. The van der Waals surface area contributed by atoms with Crippen molar-refractivity contribution in [3.05, 3.63) is 0 Å². The van der Waals surface area contributed by atoms with Gasteiger partial charge in [0.1, 0.15) is 0 Å². The molecule has 0 aliphatic heterocycles. The lowest BCUT2D eigenvalue weighted by molar-refractivity contribution is 0.145. The molecule has 0 amide bonds. The van der Waals surface area contributed by atoms with Crippen LogP contribution in [0, 0.1) is 17.8 Å². The van der Waals surface area contributed by atoms with Gasteiger partial charge in [0, 0.05) is 13.7 Å². The summed E-state index contributed by atoms with van der Waals surface area (Å²) < 4.78 is 5.14. The van der Waals surface area contributed by atoms with Crippen molar-refractivity contribution in [2.75, 3.05) is 27.3 Å². The largest absolute Gasteiger partial charge is 0.385 e. The third-order valence-electron chi connectivity index (χ3n) is 3.79. The fourth-order valence-electron chi connectivity index (χ4n) is 2.94. The van der Waals surface area contributed by atoms with E-state index in [9.17, 15) is 0 Å². The highest BCUT2D eigenvalue weighted by Gasteiger charge is 2.27. The zero-order valence-electron chi connectivity index (χ0n) is 10.6. The molecule has 0 aromatic carbocycles. The molecule has 0 aromatic rings. The monoisotopic (exact) mass is 213 g/mol. The van der Waals surface area contributed by atoms with E-state index in [2.05, 4.69) is 19.3 Å². The maximum absolute atomic E-state index is 5.14. The van der Waals surface area contributed by atoms with Gasteiger partial charge in [0.2, 0.25) is 0 Å². The molecule has 0 saturated heterocycles. The summed E-state index contributed by atoms with van der Waals surface area (Å²) >= 11 is 0. The SMILES string of the molecule is CNCC1CCC(C)CC1CCCOC. The zero-order chi connectivity index (χ0) is 11.1. The normalized spacial score (nSPS) is 31.8. The van der Waals surface area contributed by atoms with Gasteiger partial charge < -0.3 is 10.1 Å². The fraction of sp³-hybridized carbons (Fsp3) is 1.00. The summed E-state index contributed by atoms with van der Waals surface area (Å²) in [5.41, 5.74) is 0. The molecule has 1 rings (SSSR count). The molecule has 0 bridgehead atoms. The van der Waals surface area contributed by atoms with Crippen molar-refractivity contribution >= 4 is 0 Å². The smallest absolute Gasteiger partial charge is 0.0462 e. The minimum Gasteiger partial charge on any atom is -0.385 e. The molecular weight excluding hydrogens is 186 g/mol. The minimum absolute atomic E-state index is 0.906. The molecule has 1 aliphatic rings. The van der Waals surface area contributed by atoms with Gasteiger partial charge in [0.05, 0.1) is 0 Å². The summed E-state index contributed by atoms with van der Waals surface area (Å²) in [5, 5.41) is 3.34. The molecule has 1 saturated carbocycles. The highest BCUT2D eigenvalue weighted by molar-refractivity contribution is 4.79. The van der Waals surface area contributed by atoms with Crippen LogP contribution in [0.1, 0.15) is 39.0 Å². The topological polar surface area (TPSA) is 21.3 Å². The highest BCUT2D eigenvalue weighted by atomic mass is 16.5. The van der Waals surface area contributed by atoms with Crippen LogP contribution in [-0.2, 0) is 4.74 Å². The fourth-order valence-corrected chi connectivity index (χ4v) is 2.94. The molecule has 1 N–H and O–H groups in total. The third-order valence-corrected chi connectivity index (χ3v) is 3.79. The predicted molar refractivity (Wildman–Crippen MR) is 65.0 cm³/mol. The first-order valence-corrected chi connectivity index (χ1v) is 6.41. The first-order valence-electron chi connectivity index (χ1n) is 6.41. The number of methoxy groups -OCH3 is 1. The van der Waals surface area contributed by atoms with Crippen molar-refractivity contribution in [2.45, 2.75) is 39.0 Å². The van der Waals surface area contributed by atoms with Crippen LogP contribution in [0.5, 0.6) is 0 Å². The van der Waals surface area contributed by atoms with Crippen LogP contribution in [0.4, 0.5) is 0 Å². The van der Waals surface area contributed by atoms with Gasteiger partial charge in [-0.15, -0.1) is 0 Å². The Morgan fingerprint density at radius 3 is 2.73 bits per heavy atom. The Hall–Kier alpha value is -0.0800. The van der Waals surface area contributed by atoms with Crippen molar-refractivity contribution < 1.29 is 4.74 Å². The lowest BCUT2D eigenvalue weighted by Gasteiger charge is -2.35. The Morgan fingerprint density at radius 1 is 1.27 bits per heavy atom. The molecule has 15 heavy (non-hydrogen) atoms. The van der Waals surface area contributed by atoms with Gasteiger partial charge in [0.15, 0.2) is 0 Å². The average molecular weight is 213 g/mol. The number of hydrogen-bond donors (Lipinski definition) is 1. The maximum atomic E-state index is 5.14. The summed E-state index contributed by atoms with van der Waals surface area (Å²) in [7, 11) is 3.87. The number of ether oxygens (including phenoxy) is 1. The van der Waals surface area contributed by atoms with E-state index in [0.717, 1.165) is 24.4 Å². The first-order chi connectivity index (χ1) is 7.27. The molecule has 1 aliphatic carbocycles. The Kier molecular flexibility index (Phi) is 6.26. The molecule has 0 heterocycles. The second-order valence-electron chi connectivity index (χ2n) is 5.13. The molecule has 0 radical (unpaired) electrons. The summed E-state index contributed by atoms with van der Waals surface area (Å²) in [6, 6.07) is 0. The van der Waals surface area contributed by atoms with Crippen LogP contribution < -0.4 is 5.32 Å². The van der Waals surface area contributed by atoms with Crippen molar-refractivity contribution in [3.8, 4) is 0 Å². The lowest BCUT2D eigenvalue weighted by Crippen LogP contribution is -2.31. The van der Waals surface area contributed by atoms with Gasteiger partial charge in [-0.05, 0) is 57.0 Å². The molecule has 2 nitrogen and oxygen atoms in total. The van der Waals surface area contributed by atoms with E-state index in [1.807, 2.05) is 0 Å². The standard InChI is InChI=1S/C13H27NO/c1-11-6-7-13(10-14-2)12(9-11)5-4-8-15-3/h11-14H,4-10H2,1-3H3. The van der Waals surface area contributed by atoms with E-state index < -0.39 is 0 Å². The second kappa shape index (κ2) is 7.24. The number of rotatable bonds is 6. The summed E-state index contributed by atoms with van der Waals surface area (Å²) in [5.74, 6) is 2.77. The number of hydrogen-bond acceptors (Lipinski definition) is 2. The van der Waals surface area contributed by atoms with Crippen LogP contribution in [0.25, 0.3) is 0 Å². The Bertz CT molecular complexity index is 161. The van der Waals surface area contributed by atoms with Crippen molar-refractivity contribution in [1.29, 1.82) is 0 Å². The van der Waals surface area contributed by atoms with Crippen molar-refractivity contribution in [3.63, 3.8) is 0 Å². The molecule has 2 heteroatoms. The van der Waals surface area contributed by atoms with E-state index in [1.54, 1.807) is 7.11 Å². The molecule has 1 fully saturated rings. The average Bonchev–Trinajstić information content (AvgIpc) is 2.22. The Balaban J connectivity index is 2.32. The van der Waals surface area contributed by atoms with Crippen LogP contribution in [0.3, 0.4) is 0 Å². The van der Waals surface area contributed by atoms with Crippen molar-refractivity contribution in [2.24, 2.45) is 17.8 Å². The van der Waals surface area contributed by atoms with E-state index in [1.165, 1.54) is 38.6 Å². The second-order valence-corrected chi connectivity index (χ2v) is 5.13. The van der Waals surface area contributed by atoms with Gasteiger partial charge in [0.25, 0.3) is 0 Å². The molecule has 0 aromatic heterocycles. The summed E-state index contributed by atoms with van der Waals surface area (Å²) in [4.78, 5) is 0. The maximum Gasteiger partial charge on any atom is 0.0462 e. The minimum atomic E-state index is 0.906. The Labute approximate surface area is 94.8 Å². The van der Waals surface area contributed by atoms with Gasteiger partial charge in [-0.25, -0.2) is 0 Å². The van der Waals surface area contributed by atoms with E-state index in [-0.39, 0.29) is 0 Å². The van der Waals surface area contributed by atoms with E-state index in [0.29, 0.717) is 0 Å². The molecule has 90 valence electrons. The molecule has 3 unspecified atom stereocenters. The lowest BCUT2D eigenvalue weighted by atomic mass is 9.73. The van der Waals surface area contributed by atoms with Gasteiger partial charge in [-0.2, -0.15) is 0 Å². The zero-order valence-corrected chi connectivity index (χ0v) is 10.6. The van der Waals surface area contributed by atoms with Crippen LogP contribution in [0.2, 0.25) is 0 Å². The van der Waals surface area contributed by atoms with Crippen LogP contribution in [-0.4, -0.2) is 27.3 Å². The Morgan fingerprint density at radius 2 is 2.07 bits per heavy atom. The molecule has 3 atom stereocenters. The highest BCUT2D eigenvalue weighted by Crippen LogP contribution is 2.35. The number of nitrogens with one attached hydrogen (secondary N) is 1. The summed E-state index contributed by atoms with van der Waals surface area (Å²) in [6.45, 7) is 4.53. The van der Waals surface area contributed by atoms with Crippen molar-refractivity contribution in [1.82, 2.24) is 5.32 Å². The van der Waals surface area contributed by atoms with Gasteiger partial charge in [-0.1, -0.05) is 13.3 Å². The van der Waals surface area contributed by atoms with Gasteiger partial charge >= 0.3 is 0 Å². The van der Waals surface area contributed by atoms with Crippen LogP contribution >= 0.6 is 0 Å². The third kappa shape index (κ3) is 4.52. The quantitative estimate of drug-likeness (QED) is 0.685. The predicted octanol–water partition coefficient (Wildman–Crippen LogP) is 2.68. The van der Waals surface area contributed by atoms with E-state index in [4.69, 9.17) is 4.74 Å². The first kappa shape index (κ1) is 13.0. The van der Waals surface area contributed by atoms with Crippen LogP contribution in [0.15, 0.2) is 0 Å².